The van der Waals surface area contributed by atoms with Gasteiger partial charge in [-0.3, -0.25) is 9.69 Å². The number of hydrogen-bond acceptors (Lipinski definition) is 4. The van der Waals surface area contributed by atoms with Gasteiger partial charge in [0.1, 0.15) is 17.3 Å². The lowest BCUT2D eigenvalue weighted by Crippen LogP contribution is -2.51. The molecule has 0 N–H and O–H groups in total. The summed E-state index contributed by atoms with van der Waals surface area (Å²) in [6, 6.07) is 9.53. The van der Waals surface area contributed by atoms with Gasteiger partial charge in [0.15, 0.2) is 6.10 Å². The van der Waals surface area contributed by atoms with E-state index in [-0.39, 0.29) is 11.7 Å². The summed E-state index contributed by atoms with van der Waals surface area (Å²) in [5.74, 6) is 1.06. The Labute approximate surface area is 140 Å². The smallest absolute Gasteiger partial charge is 0.263 e. The minimum atomic E-state index is -0.591. The molecule has 0 bridgehead atoms. The molecule has 3 rings (SSSR count). The average molecular weight is 332 g/mol. The topological polar surface area (TPSA) is 45.9 Å². The first-order valence-electron chi connectivity index (χ1n) is 8.07. The monoisotopic (exact) mass is 332 g/mol. The number of piperazine rings is 1. The molecule has 24 heavy (non-hydrogen) atoms. The second-order valence-corrected chi connectivity index (χ2v) is 5.89. The Kier molecular flexibility index (Phi) is 5.15. The largest absolute Gasteiger partial charge is 0.481 e. The van der Waals surface area contributed by atoms with Crippen molar-refractivity contribution < 1.29 is 18.3 Å². The third kappa shape index (κ3) is 4.14. The Morgan fingerprint density at radius 2 is 1.92 bits per heavy atom. The molecule has 1 aromatic carbocycles. The zero-order valence-corrected chi connectivity index (χ0v) is 13.7. The number of ether oxygens (including phenoxy) is 1. The Bertz CT molecular complexity index is 649. The fourth-order valence-electron chi connectivity index (χ4n) is 2.77. The predicted molar refractivity (Wildman–Crippen MR) is 87.1 cm³/mol. The number of benzene rings is 1. The van der Waals surface area contributed by atoms with Crippen LogP contribution in [0, 0.1) is 5.82 Å². The lowest BCUT2D eigenvalue weighted by atomic mass is 10.2. The molecule has 0 unspecified atom stereocenters. The quantitative estimate of drug-likeness (QED) is 0.844. The number of hydrogen-bond donors (Lipinski definition) is 0. The Balaban J connectivity index is 1.48. The molecule has 2 heterocycles. The summed E-state index contributed by atoms with van der Waals surface area (Å²) < 4.78 is 23.9. The number of nitrogens with zero attached hydrogens (tertiary/aromatic N) is 2. The first-order valence-corrected chi connectivity index (χ1v) is 8.07. The standard InChI is InChI=1S/C18H21FN2O3/c1-14(24-16-6-4-15(19)5-7-16)18(22)21-10-8-20(9-11-21)13-17-3-2-12-23-17/h2-7,12,14H,8-11,13H2,1H3/t14-/m1/s1. The fourth-order valence-corrected chi connectivity index (χ4v) is 2.77. The minimum absolute atomic E-state index is 0.0445. The molecule has 6 heteroatoms. The third-order valence-electron chi connectivity index (χ3n) is 4.12. The van der Waals surface area contributed by atoms with E-state index in [1.165, 1.54) is 24.3 Å². The molecule has 5 nitrogen and oxygen atoms in total. The van der Waals surface area contributed by atoms with E-state index in [2.05, 4.69) is 4.90 Å². The highest BCUT2D eigenvalue weighted by Crippen LogP contribution is 2.15. The number of furan rings is 1. The maximum atomic E-state index is 12.9. The third-order valence-corrected chi connectivity index (χ3v) is 4.12. The van der Waals surface area contributed by atoms with Gasteiger partial charge in [-0.1, -0.05) is 0 Å². The first-order chi connectivity index (χ1) is 11.6. The van der Waals surface area contributed by atoms with Crippen molar-refractivity contribution in [3.8, 4) is 5.75 Å². The van der Waals surface area contributed by atoms with E-state index in [0.29, 0.717) is 18.8 Å². The van der Waals surface area contributed by atoms with E-state index in [1.807, 2.05) is 17.0 Å². The maximum absolute atomic E-state index is 12.9. The van der Waals surface area contributed by atoms with Gasteiger partial charge >= 0.3 is 0 Å². The highest BCUT2D eigenvalue weighted by atomic mass is 19.1. The zero-order valence-electron chi connectivity index (χ0n) is 13.7. The summed E-state index contributed by atoms with van der Waals surface area (Å²) in [6.45, 7) is 5.41. The molecule has 1 amide bonds. The summed E-state index contributed by atoms with van der Waals surface area (Å²) in [5, 5.41) is 0. The molecular formula is C18H21FN2O3. The van der Waals surface area contributed by atoms with Gasteiger partial charge in [0.2, 0.25) is 0 Å². The van der Waals surface area contributed by atoms with Crippen LogP contribution in [0.2, 0.25) is 0 Å². The molecule has 128 valence electrons. The van der Waals surface area contributed by atoms with Crippen LogP contribution in [0.15, 0.2) is 47.1 Å². The molecule has 0 spiro atoms. The van der Waals surface area contributed by atoms with Crippen molar-refractivity contribution in [3.63, 3.8) is 0 Å². The van der Waals surface area contributed by atoms with Crippen molar-refractivity contribution >= 4 is 5.91 Å². The van der Waals surface area contributed by atoms with Crippen LogP contribution in [-0.4, -0.2) is 48.0 Å². The summed E-state index contributed by atoms with van der Waals surface area (Å²) in [4.78, 5) is 16.6. The van der Waals surface area contributed by atoms with Crippen LogP contribution in [-0.2, 0) is 11.3 Å². The van der Waals surface area contributed by atoms with E-state index >= 15 is 0 Å². The Morgan fingerprint density at radius 1 is 1.21 bits per heavy atom. The van der Waals surface area contributed by atoms with Crippen LogP contribution in [0.25, 0.3) is 0 Å². The highest BCUT2D eigenvalue weighted by molar-refractivity contribution is 5.81. The maximum Gasteiger partial charge on any atom is 0.263 e. The highest BCUT2D eigenvalue weighted by Gasteiger charge is 2.26. The lowest BCUT2D eigenvalue weighted by molar-refractivity contribution is -0.139. The number of carbonyl (C=O) groups is 1. The van der Waals surface area contributed by atoms with Crippen molar-refractivity contribution in [2.45, 2.75) is 19.6 Å². The van der Waals surface area contributed by atoms with Crippen molar-refractivity contribution in [1.82, 2.24) is 9.80 Å². The van der Waals surface area contributed by atoms with Gasteiger partial charge in [-0.2, -0.15) is 0 Å². The number of rotatable bonds is 5. The second-order valence-electron chi connectivity index (χ2n) is 5.89. The van der Waals surface area contributed by atoms with Crippen LogP contribution in [0.5, 0.6) is 5.75 Å². The van der Waals surface area contributed by atoms with E-state index in [4.69, 9.17) is 9.15 Å². The molecule has 0 saturated carbocycles. The summed E-state index contributed by atoms with van der Waals surface area (Å²) in [7, 11) is 0. The van der Waals surface area contributed by atoms with Gasteiger partial charge in [-0.25, -0.2) is 4.39 Å². The number of halogens is 1. The fraction of sp³-hybridized carbons (Fsp3) is 0.389. The average Bonchev–Trinajstić information content (AvgIpc) is 3.10. The molecule has 1 fully saturated rings. The summed E-state index contributed by atoms with van der Waals surface area (Å²) in [6.07, 6.45) is 1.08. The second kappa shape index (κ2) is 7.49. The van der Waals surface area contributed by atoms with Crippen LogP contribution in [0.3, 0.4) is 0 Å². The van der Waals surface area contributed by atoms with E-state index in [9.17, 15) is 9.18 Å². The van der Waals surface area contributed by atoms with Crippen LogP contribution >= 0.6 is 0 Å². The number of amides is 1. The predicted octanol–water partition coefficient (Wildman–Crippen LogP) is 2.53. The van der Waals surface area contributed by atoms with Crippen LogP contribution < -0.4 is 4.74 Å². The molecule has 1 aliphatic heterocycles. The van der Waals surface area contributed by atoms with Crippen LogP contribution in [0.1, 0.15) is 12.7 Å². The molecule has 1 aromatic heterocycles. The van der Waals surface area contributed by atoms with Crippen molar-refractivity contribution in [1.29, 1.82) is 0 Å². The van der Waals surface area contributed by atoms with Crippen molar-refractivity contribution in [2.24, 2.45) is 0 Å². The van der Waals surface area contributed by atoms with E-state index in [0.717, 1.165) is 25.4 Å². The first kappa shape index (κ1) is 16.5. The van der Waals surface area contributed by atoms with E-state index in [1.54, 1.807) is 13.2 Å². The van der Waals surface area contributed by atoms with Gasteiger partial charge in [-0.05, 0) is 43.3 Å². The van der Waals surface area contributed by atoms with E-state index < -0.39 is 6.10 Å². The van der Waals surface area contributed by atoms with Gasteiger partial charge in [0.25, 0.3) is 5.91 Å². The molecule has 1 saturated heterocycles. The molecule has 0 radical (unpaired) electrons. The van der Waals surface area contributed by atoms with Gasteiger partial charge in [0, 0.05) is 26.2 Å². The zero-order chi connectivity index (χ0) is 16.9. The SMILES string of the molecule is C[C@@H](Oc1ccc(F)cc1)C(=O)N1CCN(Cc2ccco2)CC1. The van der Waals surface area contributed by atoms with Crippen molar-refractivity contribution in [2.75, 3.05) is 26.2 Å². The summed E-state index contributed by atoms with van der Waals surface area (Å²) in [5.41, 5.74) is 0. The molecule has 0 aliphatic carbocycles. The molecular weight excluding hydrogens is 311 g/mol. The minimum Gasteiger partial charge on any atom is -0.481 e. The number of carbonyl (C=O) groups excluding carboxylic acids is 1. The molecule has 1 atom stereocenters. The Hall–Kier alpha value is -2.34. The van der Waals surface area contributed by atoms with Gasteiger partial charge < -0.3 is 14.1 Å². The molecule has 1 aliphatic rings. The van der Waals surface area contributed by atoms with Crippen LogP contribution in [0.4, 0.5) is 4.39 Å². The van der Waals surface area contributed by atoms with Gasteiger partial charge in [-0.15, -0.1) is 0 Å². The van der Waals surface area contributed by atoms with Gasteiger partial charge in [0.05, 0.1) is 12.8 Å². The molecule has 2 aromatic rings. The van der Waals surface area contributed by atoms with Crippen molar-refractivity contribution in [3.05, 3.63) is 54.2 Å². The Morgan fingerprint density at radius 3 is 2.54 bits per heavy atom. The normalized spacial score (nSPS) is 16.8. The summed E-state index contributed by atoms with van der Waals surface area (Å²) >= 11 is 0. The lowest BCUT2D eigenvalue weighted by Gasteiger charge is -2.35.